The predicted molar refractivity (Wildman–Crippen MR) is 128 cm³/mol. The van der Waals surface area contributed by atoms with Gasteiger partial charge in [0.15, 0.2) is 5.65 Å². The maximum atomic E-state index is 6.22. The van der Waals surface area contributed by atoms with Gasteiger partial charge in [-0.1, -0.05) is 18.2 Å². The number of hydrogen-bond donors (Lipinski definition) is 3. The van der Waals surface area contributed by atoms with Gasteiger partial charge in [0.1, 0.15) is 17.3 Å². The van der Waals surface area contributed by atoms with Crippen LogP contribution in [0.4, 0.5) is 17.2 Å². The topological polar surface area (TPSA) is 103 Å². The molecule has 0 amide bonds. The summed E-state index contributed by atoms with van der Waals surface area (Å²) >= 11 is 0. The van der Waals surface area contributed by atoms with E-state index in [2.05, 4.69) is 10.4 Å². The molecule has 2 aromatic carbocycles. The van der Waals surface area contributed by atoms with E-state index in [9.17, 15) is 0 Å². The van der Waals surface area contributed by atoms with Crippen LogP contribution in [-0.4, -0.2) is 20.6 Å². The van der Waals surface area contributed by atoms with Gasteiger partial charge in [-0.2, -0.15) is 0 Å². The number of nitrogen functional groups attached to an aromatic ring is 1. The second-order valence-electron chi connectivity index (χ2n) is 8.50. The first-order valence-electron chi connectivity index (χ1n) is 11.1. The second-order valence-corrected chi connectivity index (χ2v) is 8.50. The van der Waals surface area contributed by atoms with Crippen LogP contribution in [0.15, 0.2) is 60.8 Å². The van der Waals surface area contributed by atoms with Gasteiger partial charge in [-0.05, 0) is 69.0 Å². The Kier molecular flexibility index (Phi) is 5.41. The molecule has 5 N–H and O–H groups in total. The molecule has 5 rings (SSSR count). The molecule has 7 heteroatoms. The van der Waals surface area contributed by atoms with Crippen molar-refractivity contribution in [3.05, 3.63) is 72.1 Å². The zero-order chi connectivity index (χ0) is 22.1. The van der Waals surface area contributed by atoms with Crippen molar-refractivity contribution in [1.29, 1.82) is 0 Å². The third-order valence-corrected chi connectivity index (χ3v) is 6.20. The third kappa shape index (κ3) is 4.11. The lowest BCUT2D eigenvalue weighted by Gasteiger charge is -2.24. The molecule has 2 aromatic heterocycles. The number of rotatable bonds is 5. The smallest absolute Gasteiger partial charge is 0.177 e. The van der Waals surface area contributed by atoms with E-state index in [1.807, 2.05) is 67.7 Å². The van der Waals surface area contributed by atoms with Crippen LogP contribution in [0.5, 0.6) is 11.5 Å². The second kappa shape index (κ2) is 8.51. The van der Waals surface area contributed by atoms with Crippen LogP contribution in [0, 0.1) is 6.92 Å². The minimum absolute atomic E-state index is 0.311. The van der Waals surface area contributed by atoms with Crippen LogP contribution in [0.3, 0.4) is 0 Å². The lowest BCUT2D eigenvalue weighted by Crippen LogP contribution is -2.25. The van der Waals surface area contributed by atoms with E-state index >= 15 is 0 Å². The molecule has 1 fully saturated rings. The van der Waals surface area contributed by atoms with Crippen molar-refractivity contribution in [3.8, 4) is 11.5 Å². The van der Waals surface area contributed by atoms with Crippen LogP contribution in [0.25, 0.3) is 5.65 Å². The molecule has 4 aromatic rings. The van der Waals surface area contributed by atoms with Crippen LogP contribution in [-0.2, 0) is 0 Å². The van der Waals surface area contributed by atoms with Crippen LogP contribution in [0.2, 0.25) is 0 Å². The first kappa shape index (κ1) is 20.3. The van der Waals surface area contributed by atoms with Gasteiger partial charge in [-0.25, -0.2) is 9.50 Å². The molecule has 1 aliphatic carbocycles. The molecule has 32 heavy (non-hydrogen) atoms. The number of nitrogens with one attached hydrogen (secondary N) is 1. The number of nitrogens with two attached hydrogens (primary N) is 2. The number of fused-ring (bicyclic) bond motifs is 1. The maximum Gasteiger partial charge on any atom is 0.177 e. The highest BCUT2D eigenvalue weighted by Crippen LogP contribution is 2.34. The normalized spacial score (nSPS) is 18.6. The first-order chi connectivity index (χ1) is 15.6. The molecule has 164 valence electrons. The van der Waals surface area contributed by atoms with E-state index in [0.29, 0.717) is 17.8 Å². The van der Waals surface area contributed by atoms with Gasteiger partial charge in [0.25, 0.3) is 0 Å². The number of ether oxygens (including phenoxy) is 1. The van der Waals surface area contributed by atoms with Gasteiger partial charge in [0.2, 0.25) is 0 Å². The SMILES string of the molecule is Cc1c(N)nn2cc(C3CCC(N)CC3)nc2c1Nc1ccc(Oc2ccccc2)cc1. The lowest BCUT2D eigenvalue weighted by atomic mass is 9.85. The summed E-state index contributed by atoms with van der Waals surface area (Å²) in [7, 11) is 0. The first-order valence-corrected chi connectivity index (χ1v) is 11.1. The summed E-state index contributed by atoms with van der Waals surface area (Å²) in [6.45, 7) is 1.96. The summed E-state index contributed by atoms with van der Waals surface area (Å²) < 4.78 is 7.68. The van der Waals surface area contributed by atoms with Crippen molar-refractivity contribution in [1.82, 2.24) is 14.6 Å². The lowest BCUT2D eigenvalue weighted by molar-refractivity contribution is 0.391. The van der Waals surface area contributed by atoms with Gasteiger partial charge in [-0.3, -0.25) is 0 Å². The van der Waals surface area contributed by atoms with Crippen LogP contribution >= 0.6 is 0 Å². The highest BCUT2D eigenvalue weighted by atomic mass is 16.5. The Morgan fingerprint density at radius 3 is 2.38 bits per heavy atom. The maximum absolute atomic E-state index is 6.22. The molecular weight excluding hydrogens is 400 g/mol. The minimum Gasteiger partial charge on any atom is -0.457 e. The van der Waals surface area contributed by atoms with Crippen LogP contribution in [0.1, 0.15) is 42.9 Å². The van der Waals surface area contributed by atoms with E-state index in [1.54, 1.807) is 4.52 Å². The van der Waals surface area contributed by atoms with Gasteiger partial charge in [0, 0.05) is 23.2 Å². The number of para-hydroxylation sites is 1. The monoisotopic (exact) mass is 428 g/mol. The van der Waals surface area contributed by atoms with Crippen molar-refractivity contribution in [2.24, 2.45) is 5.73 Å². The molecule has 1 aliphatic rings. The molecule has 0 unspecified atom stereocenters. The Balaban J connectivity index is 1.41. The zero-order valence-electron chi connectivity index (χ0n) is 18.2. The highest BCUT2D eigenvalue weighted by Gasteiger charge is 2.24. The van der Waals surface area contributed by atoms with Gasteiger partial charge in [-0.15, -0.1) is 5.10 Å². The van der Waals surface area contributed by atoms with Gasteiger partial charge in [0.05, 0.1) is 17.6 Å². The Hall–Kier alpha value is -3.58. The number of imidazole rings is 1. The van der Waals surface area contributed by atoms with E-state index in [4.69, 9.17) is 21.2 Å². The van der Waals surface area contributed by atoms with E-state index in [-0.39, 0.29) is 0 Å². The molecular formula is C25H28N6O. The molecule has 1 saturated carbocycles. The Morgan fingerprint density at radius 1 is 0.969 bits per heavy atom. The van der Waals surface area contributed by atoms with E-state index in [1.165, 1.54) is 0 Å². The average Bonchev–Trinajstić information content (AvgIpc) is 3.23. The third-order valence-electron chi connectivity index (χ3n) is 6.20. The van der Waals surface area contributed by atoms with Crippen molar-refractivity contribution in [2.45, 2.75) is 44.6 Å². The number of aromatic nitrogens is 3. The van der Waals surface area contributed by atoms with Crippen LogP contribution < -0.4 is 21.5 Å². The number of hydrogen-bond acceptors (Lipinski definition) is 6. The quantitative estimate of drug-likeness (QED) is 0.407. The van der Waals surface area contributed by atoms with Crippen molar-refractivity contribution in [2.75, 3.05) is 11.1 Å². The summed E-state index contributed by atoms with van der Waals surface area (Å²) in [6, 6.07) is 17.9. The van der Waals surface area contributed by atoms with Crippen molar-refractivity contribution >= 4 is 22.8 Å². The minimum atomic E-state index is 0.311. The summed E-state index contributed by atoms with van der Waals surface area (Å²) in [6.07, 6.45) is 6.20. The molecule has 0 bridgehead atoms. The standard InChI is InChI=1S/C25H28N6O/c1-16-23(28-19-11-13-21(14-12-19)32-20-5-3-2-4-6-20)25-29-22(15-31(25)30-24(16)27)17-7-9-18(26)10-8-17/h2-6,11-15,17-18,28H,7-10,26H2,1H3,(H2,27,30). The predicted octanol–water partition coefficient (Wildman–Crippen LogP) is 5.14. The summed E-state index contributed by atoms with van der Waals surface area (Å²) in [5.41, 5.74) is 16.8. The molecule has 0 saturated heterocycles. The number of nitrogens with zero attached hydrogens (tertiary/aromatic N) is 3. The Bertz CT molecular complexity index is 1210. The Morgan fingerprint density at radius 2 is 1.66 bits per heavy atom. The molecule has 0 aliphatic heterocycles. The largest absolute Gasteiger partial charge is 0.457 e. The molecule has 2 heterocycles. The van der Waals surface area contributed by atoms with Crippen molar-refractivity contribution < 1.29 is 4.74 Å². The highest BCUT2D eigenvalue weighted by molar-refractivity contribution is 5.80. The molecule has 0 atom stereocenters. The molecule has 0 radical (unpaired) electrons. The number of anilines is 3. The van der Waals surface area contributed by atoms with Gasteiger partial charge < -0.3 is 21.5 Å². The molecule has 0 spiro atoms. The zero-order valence-corrected chi connectivity index (χ0v) is 18.2. The summed E-state index contributed by atoms with van der Waals surface area (Å²) in [4.78, 5) is 4.95. The van der Waals surface area contributed by atoms with E-state index < -0.39 is 0 Å². The summed E-state index contributed by atoms with van der Waals surface area (Å²) in [5, 5.41) is 8.01. The molecule has 7 nitrogen and oxygen atoms in total. The number of benzene rings is 2. The summed E-state index contributed by atoms with van der Waals surface area (Å²) in [5.74, 6) is 2.48. The fourth-order valence-electron chi connectivity index (χ4n) is 4.26. The van der Waals surface area contributed by atoms with Crippen molar-refractivity contribution in [3.63, 3.8) is 0 Å². The van der Waals surface area contributed by atoms with E-state index in [0.717, 1.165) is 65.5 Å². The Labute approximate surface area is 187 Å². The fourth-order valence-corrected chi connectivity index (χ4v) is 4.26. The fraction of sp³-hybridized carbons (Fsp3) is 0.280. The average molecular weight is 429 g/mol. The van der Waals surface area contributed by atoms with Gasteiger partial charge >= 0.3 is 0 Å².